The molecule has 0 radical (unpaired) electrons. The normalized spacial score (nSPS) is 20.4. The van der Waals surface area contributed by atoms with Crippen molar-refractivity contribution in [1.82, 2.24) is 9.88 Å². The number of carbonyl (C=O) groups is 1. The zero-order valence-corrected chi connectivity index (χ0v) is 14.3. The topological polar surface area (TPSA) is 45.7 Å². The van der Waals surface area contributed by atoms with E-state index in [4.69, 9.17) is 4.74 Å². The molecule has 130 valence electrons. The first-order valence-electron chi connectivity index (χ1n) is 8.96. The van der Waals surface area contributed by atoms with Crippen LogP contribution in [0.1, 0.15) is 12.0 Å². The lowest BCUT2D eigenvalue weighted by atomic mass is 9.95. The van der Waals surface area contributed by atoms with Crippen molar-refractivity contribution in [3.05, 3.63) is 54.4 Å². The van der Waals surface area contributed by atoms with Gasteiger partial charge in [0, 0.05) is 50.2 Å². The highest BCUT2D eigenvalue weighted by Gasteiger charge is 2.29. The van der Waals surface area contributed by atoms with Gasteiger partial charge in [0.15, 0.2) is 0 Å². The fourth-order valence-corrected chi connectivity index (χ4v) is 3.70. The van der Waals surface area contributed by atoms with Crippen LogP contribution in [0.3, 0.4) is 0 Å². The smallest absolute Gasteiger partial charge is 0.226 e. The highest BCUT2D eigenvalue weighted by Crippen LogP contribution is 2.28. The lowest BCUT2D eigenvalue weighted by molar-refractivity contribution is -0.136. The van der Waals surface area contributed by atoms with Crippen LogP contribution in [-0.4, -0.2) is 48.6 Å². The van der Waals surface area contributed by atoms with Crippen LogP contribution in [0.2, 0.25) is 0 Å². The molecule has 3 heterocycles. The van der Waals surface area contributed by atoms with Gasteiger partial charge in [-0.3, -0.25) is 9.78 Å². The largest absolute Gasteiger partial charge is 0.493 e. The number of fused-ring (bicyclic) bond motifs is 1. The fraction of sp³-hybridized carbons (Fsp3) is 0.400. The van der Waals surface area contributed by atoms with Crippen molar-refractivity contribution in [2.75, 3.05) is 37.7 Å². The second-order valence-corrected chi connectivity index (χ2v) is 6.66. The molecule has 4 rings (SSSR count). The molecule has 2 aliphatic heterocycles. The molecule has 1 unspecified atom stereocenters. The van der Waals surface area contributed by atoms with E-state index in [1.165, 1.54) is 5.69 Å². The van der Waals surface area contributed by atoms with Gasteiger partial charge in [-0.2, -0.15) is 0 Å². The Kier molecular flexibility index (Phi) is 4.55. The standard InChI is InChI=1S/C20H23N3O2/c24-20(17-7-14-25-19-4-2-1-3-16(19)15-17)23-12-10-22(11-13-23)18-5-8-21-9-6-18/h1-6,8-9,17H,7,10-15H2. The Morgan fingerprint density at radius 3 is 2.60 bits per heavy atom. The first kappa shape index (κ1) is 15.9. The lowest BCUT2D eigenvalue weighted by Crippen LogP contribution is -2.50. The van der Waals surface area contributed by atoms with Crippen LogP contribution in [0.4, 0.5) is 5.69 Å². The molecule has 1 aromatic heterocycles. The van der Waals surface area contributed by atoms with Crippen LogP contribution in [0.15, 0.2) is 48.8 Å². The minimum atomic E-state index is 0.0242. The Morgan fingerprint density at radius 2 is 1.80 bits per heavy atom. The maximum atomic E-state index is 13.0. The van der Waals surface area contributed by atoms with E-state index in [9.17, 15) is 4.79 Å². The summed E-state index contributed by atoms with van der Waals surface area (Å²) < 4.78 is 5.81. The summed E-state index contributed by atoms with van der Waals surface area (Å²) in [5.74, 6) is 1.23. The SMILES string of the molecule is O=C(C1CCOc2ccccc2C1)N1CCN(c2ccncc2)CC1. The van der Waals surface area contributed by atoms with E-state index in [1.807, 2.05) is 47.6 Å². The van der Waals surface area contributed by atoms with Crippen LogP contribution >= 0.6 is 0 Å². The predicted molar refractivity (Wildman–Crippen MR) is 96.8 cm³/mol. The molecule has 5 heteroatoms. The number of aromatic nitrogens is 1. The number of piperazine rings is 1. The second kappa shape index (κ2) is 7.13. The van der Waals surface area contributed by atoms with E-state index >= 15 is 0 Å². The number of hydrogen-bond donors (Lipinski definition) is 0. The van der Waals surface area contributed by atoms with Crippen LogP contribution in [0.5, 0.6) is 5.75 Å². The molecule has 0 saturated carbocycles. The summed E-state index contributed by atoms with van der Waals surface area (Å²) in [7, 11) is 0. The van der Waals surface area contributed by atoms with E-state index in [2.05, 4.69) is 16.0 Å². The molecule has 0 aliphatic carbocycles. The van der Waals surface area contributed by atoms with Crippen LogP contribution in [0, 0.1) is 5.92 Å². The summed E-state index contributed by atoms with van der Waals surface area (Å²) in [5.41, 5.74) is 2.33. The summed E-state index contributed by atoms with van der Waals surface area (Å²) >= 11 is 0. The number of carbonyl (C=O) groups excluding carboxylic acids is 1. The number of amides is 1. The Balaban J connectivity index is 1.39. The Hall–Kier alpha value is -2.56. The lowest BCUT2D eigenvalue weighted by Gasteiger charge is -2.37. The van der Waals surface area contributed by atoms with E-state index in [0.29, 0.717) is 6.61 Å². The average molecular weight is 337 g/mol. The van der Waals surface area contributed by atoms with Crippen molar-refractivity contribution in [1.29, 1.82) is 0 Å². The maximum Gasteiger partial charge on any atom is 0.226 e. The third kappa shape index (κ3) is 3.45. The van der Waals surface area contributed by atoms with Gasteiger partial charge in [0.1, 0.15) is 5.75 Å². The van der Waals surface area contributed by atoms with E-state index in [-0.39, 0.29) is 11.8 Å². The van der Waals surface area contributed by atoms with Gasteiger partial charge in [-0.15, -0.1) is 0 Å². The molecule has 1 saturated heterocycles. The van der Waals surface area contributed by atoms with Gasteiger partial charge in [0.2, 0.25) is 5.91 Å². The third-order valence-electron chi connectivity index (χ3n) is 5.13. The van der Waals surface area contributed by atoms with Gasteiger partial charge in [-0.1, -0.05) is 18.2 Å². The molecule has 1 amide bonds. The number of nitrogens with zero attached hydrogens (tertiary/aromatic N) is 3. The van der Waals surface area contributed by atoms with Crippen LogP contribution in [-0.2, 0) is 11.2 Å². The van der Waals surface area contributed by atoms with E-state index < -0.39 is 0 Å². The number of anilines is 1. The molecule has 2 aromatic rings. The van der Waals surface area contributed by atoms with Crippen LogP contribution in [0.25, 0.3) is 0 Å². The zero-order valence-electron chi connectivity index (χ0n) is 14.3. The predicted octanol–water partition coefficient (Wildman–Crippen LogP) is 2.37. The highest BCUT2D eigenvalue weighted by atomic mass is 16.5. The number of pyridine rings is 1. The summed E-state index contributed by atoms with van der Waals surface area (Å²) in [5, 5.41) is 0. The second-order valence-electron chi connectivity index (χ2n) is 6.66. The summed E-state index contributed by atoms with van der Waals surface area (Å²) in [6.45, 7) is 3.91. The Labute approximate surface area is 148 Å². The Morgan fingerprint density at radius 1 is 1.04 bits per heavy atom. The fourth-order valence-electron chi connectivity index (χ4n) is 3.70. The Bertz CT molecular complexity index is 727. The molecule has 25 heavy (non-hydrogen) atoms. The number of hydrogen-bond acceptors (Lipinski definition) is 4. The average Bonchev–Trinajstić information content (AvgIpc) is 2.91. The third-order valence-corrected chi connectivity index (χ3v) is 5.13. The molecule has 1 atom stereocenters. The highest BCUT2D eigenvalue weighted by molar-refractivity contribution is 5.79. The first-order chi connectivity index (χ1) is 12.3. The molecule has 1 fully saturated rings. The van der Waals surface area contributed by atoms with Crippen molar-refractivity contribution in [3.8, 4) is 5.75 Å². The molecule has 5 nitrogen and oxygen atoms in total. The van der Waals surface area contributed by atoms with E-state index in [1.54, 1.807) is 0 Å². The maximum absolute atomic E-state index is 13.0. The summed E-state index contributed by atoms with van der Waals surface area (Å²) in [6.07, 6.45) is 5.20. The van der Waals surface area contributed by atoms with E-state index in [0.717, 1.165) is 50.3 Å². The van der Waals surface area contributed by atoms with Gasteiger partial charge in [0.25, 0.3) is 0 Å². The molecule has 0 spiro atoms. The molecule has 1 aromatic carbocycles. The number of benzene rings is 1. The number of para-hydroxylation sites is 1. The van der Waals surface area contributed by atoms with Gasteiger partial charge >= 0.3 is 0 Å². The van der Waals surface area contributed by atoms with Gasteiger partial charge in [-0.25, -0.2) is 0 Å². The van der Waals surface area contributed by atoms with Crippen molar-refractivity contribution in [2.24, 2.45) is 5.92 Å². The van der Waals surface area contributed by atoms with Crippen molar-refractivity contribution >= 4 is 11.6 Å². The van der Waals surface area contributed by atoms with Crippen molar-refractivity contribution in [2.45, 2.75) is 12.8 Å². The number of ether oxygens (including phenoxy) is 1. The van der Waals surface area contributed by atoms with Gasteiger partial charge < -0.3 is 14.5 Å². The monoisotopic (exact) mass is 337 g/mol. The molecule has 2 aliphatic rings. The zero-order chi connectivity index (χ0) is 17.1. The molecule has 0 N–H and O–H groups in total. The minimum Gasteiger partial charge on any atom is -0.493 e. The summed E-state index contributed by atoms with van der Waals surface area (Å²) in [4.78, 5) is 21.4. The quantitative estimate of drug-likeness (QED) is 0.844. The molecule has 0 bridgehead atoms. The van der Waals surface area contributed by atoms with Crippen molar-refractivity contribution in [3.63, 3.8) is 0 Å². The van der Waals surface area contributed by atoms with Gasteiger partial charge in [-0.05, 0) is 36.6 Å². The van der Waals surface area contributed by atoms with Crippen LogP contribution < -0.4 is 9.64 Å². The summed E-state index contributed by atoms with van der Waals surface area (Å²) in [6, 6.07) is 12.1. The number of rotatable bonds is 2. The molecular weight excluding hydrogens is 314 g/mol. The molecular formula is C20H23N3O2. The van der Waals surface area contributed by atoms with Gasteiger partial charge in [0.05, 0.1) is 6.61 Å². The minimum absolute atomic E-state index is 0.0242. The first-order valence-corrected chi connectivity index (χ1v) is 8.96. The van der Waals surface area contributed by atoms with Crippen molar-refractivity contribution < 1.29 is 9.53 Å².